The van der Waals surface area contributed by atoms with Crippen LogP contribution in [0.25, 0.3) is 23.0 Å². The fourth-order valence-electron chi connectivity index (χ4n) is 2.67. The highest BCUT2D eigenvalue weighted by molar-refractivity contribution is 6.03. The van der Waals surface area contributed by atoms with Gasteiger partial charge in [-0.15, -0.1) is 0 Å². The molecule has 3 aromatic rings. The summed E-state index contributed by atoms with van der Waals surface area (Å²) in [5, 5.41) is 6.71. The van der Waals surface area contributed by atoms with Gasteiger partial charge in [0.25, 0.3) is 5.91 Å². The minimum absolute atomic E-state index is 0.291. The van der Waals surface area contributed by atoms with Gasteiger partial charge in [-0.25, -0.2) is 0 Å². The molecule has 1 amide bonds. The molecule has 0 unspecified atom stereocenters. The van der Waals surface area contributed by atoms with Crippen molar-refractivity contribution >= 4 is 17.7 Å². The third kappa shape index (κ3) is 4.00. The maximum absolute atomic E-state index is 12.4. The van der Waals surface area contributed by atoms with Crippen molar-refractivity contribution in [2.45, 2.75) is 6.92 Å². The van der Waals surface area contributed by atoms with Gasteiger partial charge < -0.3 is 20.3 Å². The molecule has 1 heterocycles. The van der Waals surface area contributed by atoms with Gasteiger partial charge in [0.2, 0.25) is 0 Å². The zero-order valence-electron chi connectivity index (χ0n) is 15.2. The fraction of sp³-hybridized carbons (Fsp3) is 0.143. The van der Waals surface area contributed by atoms with Gasteiger partial charge >= 0.3 is 0 Å². The summed E-state index contributed by atoms with van der Waals surface area (Å²) in [6.07, 6.45) is 1.61. The topological polar surface area (TPSA) is 90.4 Å². The molecular weight excluding hydrogens is 342 g/mol. The van der Waals surface area contributed by atoms with Crippen molar-refractivity contribution in [2.24, 2.45) is 5.73 Å². The Labute approximate surface area is 157 Å². The van der Waals surface area contributed by atoms with Crippen LogP contribution in [0.5, 0.6) is 5.75 Å². The molecule has 3 rings (SSSR count). The van der Waals surface area contributed by atoms with Crippen LogP contribution in [-0.2, 0) is 0 Å². The lowest BCUT2D eigenvalue weighted by atomic mass is 10.0. The third-order valence-electron chi connectivity index (χ3n) is 4.01. The maximum atomic E-state index is 12.4. The van der Waals surface area contributed by atoms with Gasteiger partial charge in [0.1, 0.15) is 17.0 Å². The van der Waals surface area contributed by atoms with Crippen LogP contribution in [0.4, 0.5) is 0 Å². The number of ether oxygens (including phenoxy) is 1. The summed E-state index contributed by atoms with van der Waals surface area (Å²) in [5.74, 6) is 0.784. The van der Waals surface area contributed by atoms with Gasteiger partial charge in [-0.05, 0) is 36.8 Å². The monoisotopic (exact) mass is 363 g/mol. The summed E-state index contributed by atoms with van der Waals surface area (Å²) >= 11 is 0. The Hall–Kier alpha value is -3.54. The Morgan fingerprint density at radius 2 is 1.89 bits per heavy atom. The summed E-state index contributed by atoms with van der Waals surface area (Å²) in [7, 11) is 1.56. The Bertz CT molecular complexity index is 945. The van der Waals surface area contributed by atoms with E-state index in [1.165, 1.54) is 0 Å². The molecule has 27 heavy (non-hydrogen) atoms. The number of carbonyl (C=O) groups is 1. The Kier molecular flexibility index (Phi) is 5.56. The molecule has 0 aliphatic carbocycles. The first-order valence-corrected chi connectivity index (χ1v) is 8.61. The molecule has 0 bridgehead atoms. The number of nitrogens with one attached hydrogen (secondary N) is 1. The van der Waals surface area contributed by atoms with E-state index < -0.39 is 0 Å². The van der Waals surface area contributed by atoms with Gasteiger partial charge in [0.15, 0.2) is 5.76 Å². The van der Waals surface area contributed by atoms with E-state index in [0.29, 0.717) is 29.3 Å². The van der Waals surface area contributed by atoms with E-state index in [4.69, 9.17) is 15.0 Å². The number of nitrogens with zero attached hydrogens (tertiary/aromatic N) is 1. The zero-order valence-corrected chi connectivity index (χ0v) is 15.2. The van der Waals surface area contributed by atoms with Gasteiger partial charge in [-0.3, -0.25) is 4.79 Å². The van der Waals surface area contributed by atoms with Crippen LogP contribution in [0.3, 0.4) is 0 Å². The normalized spacial score (nSPS) is 11.3. The molecule has 0 radical (unpaired) electrons. The van der Waals surface area contributed by atoms with E-state index in [0.717, 1.165) is 16.9 Å². The molecular formula is C21H21N3O3. The van der Waals surface area contributed by atoms with E-state index in [1.807, 2.05) is 61.5 Å². The average molecular weight is 363 g/mol. The summed E-state index contributed by atoms with van der Waals surface area (Å²) in [6, 6.07) is 16.8. The quantitative estimate of drug-likeness (QED) is 0.699. The first-order chi connectivity index (χ1) is 13.1. The molecule has 0 saturated heterocycles. The van der Waals surface area contributed by atoms with Gasteiger partial charge in [0, 0.05) is 24.4 Å². The van der Waals surface area contributed by atoms with Gasteiger partial charge in [-0.2, -0.15) is 0 Å². The molecule has 6 heteroatoms. The van der Waals surface area contributed by atoms with Crippen molar-refractivity contribution < 1.29 is 14.1 Å². The van der Waals surface area contributed by atoms with Crippen molar-refractivity contribution in [1.82, 2.24) is 10.5 Å². The van der Waals surface area contributed by atoms with Gasteiger partial charge in [-0.1, -0.05) is 35.5 Å². The second-order valence-electron chi connectivity index (χ2n) is 5.77. The van der Waals surface area contributed by atoms with Crippen LogP contribution in [-0.4, -0.2) is 24.7 Å². The van der Waals surface area contributed by atoms with Gasteiger partial charge in [0.05, 0.1) is 6.61 Å². The molecule has 0 aliphatic rings. The van der Waals surface area contributed by atoms with Crippen LogP contribution in [0.2, 0.25) is 0 Å². The predicted octanol–water partition coefficient (Wildman–Crippen LogP) is 3.56. The smallest absolute Gasteiger partial charge is 0.257 e. The Balaban J connectivity index is 1.99. The molecule has 0 atom stereocenters. The van der Waals surface area contributed by atoms with Crippen molar-refractivity contribution in [3.63, 3.8) is 0 Å². The van der Waals surface area contributed by atoms with E-state index in [1.54, 1.807) is 13.1 Å². The van der Waals surface area contributed by atoms with Crippen LogP contribution in [0.15, 0.2) is 59.1 Å². The number of carbonyl (C=O) groups excluding carboxylic acids is 1. The highest BCUT2D eigenvalue weighted by Gasteiger charge is 2.22. The summed E-state index contributed by atoms with van der Waals surface area (Å²) < 4.78 is 10.9. The Morgan fingerprint density at radius 3 is 2.52 bits per heavy atom. The number of hydrogen-bond acceptors (Lipinski definition) is 5. The van der Waals surface area contributed by atoms with Crippen molar-refractivity contribution in [2.75, 3.05) is 13.7 Å². The lowest BCUT2D eigenvalue weighted by molar-refractivity contribution is 0.0963. The number of nitrogens with two attached hydrogens (primary N) is 1. The standard InChI is InChI=1S/C21H21N3O3/c1-3-26-16-11-9-14(10-12-16)17(22)13-18-19(21(25)23-2)20(24-27-18)15-7-5-4-6-8-15/h4-13H,3,22H2,1-2H3,(H,23,25)/b17-13-. The molecule has 6 nitrogen and oxygen atoms in total. The van der Waals surface area contributed by atoms with Crippen LogP contribution in [0.1, 0.15) is 28.6 Å². The van der Waals surface area contributed by atoms with Crippen molar-refractivity contribution in [3.05, 3.63) is 71.5 Å². The molecule has 1 aromatic heterocycles. The maximum Gasteiger partial charge on any atom is 0.257 e. The number of aromatic nitrogens is 1. The number of rotatable bonds is 6. The summed E-state index contributed by atoms with van der Waals surface area (Å²) in [5.41, 5.74) is 9.07. The summed E-state index contributed by atoms with van der Waals surface area (Å²) in [6.45, 7) is 2.52. The van der Waals surface area contributed by atoms with E-state index in [9.17, 15) is 4.79 Å². The molecule has 138 valence electrons. The van der Waals surface area contributed by atoms with Crippen LogP contribution >= 0.6 is 0 Å². The second kappa shape index (κ2) is 8.23. The molecule has 3 N–H and O–H groups in total. The van der Waals surface area contributed by atoms with E-state index >= 15 is 0 Å². The first kappa shape index (κ1) is 18.3. The van der Waals surface area contributed by atoms with E-state index in [2.05, 4.69) is 10.5 Å². The molecule has 2 aromatic carbocycles. The lowest BCUT2D eigenvalue weighted by Gasteiger charge is -2.05. The Morgan fingerprint density at radius 1 is 1.19 bits per heavy atom. The zero-order chi connectivity index (χ0) is 19.2. The van der Waals surface area contributed by atoms with Crippen LogP contribution in [0, 0.1) is 0 Å². The third-order valence-corrected chi connectivity index (χ3v) is 4.01. The highest BCUT2D eigenvalue weighted by atomic mass is 16.5. The molecule has 0 fully saturated rings. The van der Waals surface area contributed by atoms with E-state index in [-0.39, 0.29) is 5.91 Å². The molecule has 0 aliphatic heterocycles. The second-order valence-corrected chi connectivity index (χ2v) is 5.77. The fourth-order valence-corrected chi connectivity index (χ4v) is 2.67. The number of amides is 1. The SMILES string of the molecule is CCOc1ccc(/C(N)=C/c2onc(-c3ccccc3)c2C(=O)NC)cc1. The van der Waals surface area contributed by atoms with Crippen molar-refractivity contribution in [3.8, 4) is 17.0 Å². The highest BCUT2D eigenvalue weighted by Crippen LogP contribution is 2.28. The summed E-state index contributed by atoms with van der Waals surface area (Å²) in [4.78, 5) is 12.4. The predicted molar refractivity (Wildman–Crippen MR) is 105 cm³/mol. The minimum atomic E-state index is -0.291. The first-order valence-electron chi connectivity index (χ1n) is 8.61. The largest absolute Gasteiger partial charge is 0.494 e. The minimum Gasteiger partial charge on any atom is -0.494 e. The number of hydrogen-bond donors (Lipinski definition) is 2. The molecule has 0 spiro atoms. The van der Waals surface area contributed by atoms with Crippen molar-refractivity contribution in [1.29, 1.82) is 0 Å². The van der Waals surface area contributed by atoms with Crippen LogP contribution < -0.4 is 15.8 Å². The molecule has 0 saturated carbocycles. The number of benzene rings is 2. The lowest BCUT2D eigenvalue weighted by Crippen LogP contribution is -2.19. The average Bonchev–Trinajstić information content (AvgIpc) is 3.12.